The second-order valence-corrected chi connectivity index (χ2v) is 5.61. The van der Waals surface area contributed by atoms with E-state index >= 15 is 0 Å². The minimum absolute atomic E-state index is 0.0387. The Hall–Kier alpha value is -0.940. The summed E-state index contributed by atoms with van der Waals surface area (Å²) >= 11 is 6.96. The molecule has 0 spiro atoms. The summed E-state index contributed by atoms with van der Waals surface area (Å²) < 4.78 is 15.0. The summed E-state index contributed by atoms with van der Waals surface area (Å²) in [6, 6.07) is 7.28. The second-order valence-electron chi connectivity index (χ2n) is 3.90. The average molecular weight is 374 g/mol. The minimum Gasteiger partial charge on any atom is -0.377 e. The third-order valence-corrected chi connectivity index (χ3v) is 3.87. The predicted molar refractivity (Wildman–Crippen MR) is 78.1 cm³/mol. The first-order valence-electron chi connectivity index (χ1n) is 5.39. The fourth-order valence-electron chi connectivity index (χ4n) is 1.60. The maximum absolute atomic E-state index is 13.1. The van der Waals surface area contributed by atoms with Crippen molar-refractivity contribution in [1.29, 1.82) is 0 Å². The Balaban J connectivity index is 2.24. The quantitative estimate of drug-likeness (QED) is 0.825. The van der Waals surface area contributed by atoms with Crippen LogP contribution in [0.2, 0.25) is 0 Å². The molecule has 0 aliphatic rings. The molecule has 2 nitrogen and oxygen atoms in total. The van der Waals surface area contributed by atoms with Crippen LogP contribution in [0.4, 0.5) is 10.1 Å². The molecule has 0 radical (unpaired) electrons. The van der Waals surface area contributed by atoms with Gasteiger partial charge in [-0.15, -0.1) is 0 Å². The summed E-state index contributed by atoms with van der Waals surface area (Å²) in [5.41, 5.74) is 1.74. The van der Waals surface area contributed by atoms with Crippen LogP contribution in [-0.4, -0.2) is 4.98 Å². The lowest BCUT2D eigenvalue weighted by atomic mass is 10.1. The average Bonchev–Trinajstić information content (AvgIpc) is 2.34. The molecule has 18 heavy (non-hydrogen) atoms. The van der Waals surface area contributed by atoms with Gasteiger partial charge in [-0.2, -0.15) is 0 Å². The molecule has 1 heterocycles. The summed E-state index contributed by atoms with van der Waals surface area (Å²) in [5.74, 6) is -0.327. The summed E-state index contributed by atoms with van der Waals surface area (Å²) in [6.45, 7) is 1.96. The fourth-order valence-corrected chi connectivity index (χ4v) is 2.83. The SMILES string of the molecule is CC(Nc1c(Br)cccc1Br)c1cncc(F)c1. The van der Waals surface area contributed by atoms with Gasteiger partial charge in [0.25, 0.3) is 0 Å². The Morgan fingerprint density at radius 3 is 2.50 bits per heavy atom. The molecule has 1 atom stereocenters. The molecule has 0 amide bonds. The lowest BCUT2D eigenvalue weighted by molar-refractivity contribution is 0.616. The zero-order chi connectivity index (χ0) is 13.1. The molecular formula is C13H11Br2FN2. The normalized spacial score (nSPS) is 12.2. The van der Waals surface area contributed by atoms with E-state index in [0.29, 0.717) is 0 Å². The van der Waals surface area contributed by atoms with Crippen LogP contribution in [0.15, 0.2) is 45.6 Å². The predicted octanol–water partition coefficient (Wildman–Crippen LogP) is 4.92. The number of nitrogens with one attached hydrogen (secondary N) is 1. The first-order chi connectivity index (χ1) is 8.58. The Bertz CT molecular complexity index is 540. The number of para-hydroxylation sites is 1. The van der Waals surface area contributed by atoms with E-state index in [-0.39, 0.29) is 11.9 Å². The van der Waals surface area contributed by atoms with Gasteiger partial charge in [-0.05, 0) is 62.5 Å². The lowest BCUT2D eigenvalue weighted by Crippen LogP contribution is -2.08. The van der Waals surface area contributed by atoms with Gasteiger partial charge in [-0.1, -0.05) is 6.07 Å². The van der Waals surface area contributed by atoms with E-state index in [0.717, 1.165) is 20.2 Å². The highest BCUT2D eigenvalue weighted by Crippen LogP contribution is 2.33. The van der Waals surface area contributed by atoms with Crippen molar-refractivity contribution < 1.29 is 4.39 Å². The van der Waals surface area contributed by atoms with Crippen LogP contribution in [0.5, 0.6) is 0 Å². The van der Waals surface area contributed by atoms with Crippen molar-refractivity contribution >= 4 is 37.5 Å². The molecule has 1 unspecified atom stereocenters. The topological polar surface area (TPSA) is 24.9 Å². The number of aromatic nitrogens is 1. The molecule has 1 aromatic heterocycles. The van der Waals surface area contributed by atoms with Crippen LogP contribution in [-0.2, 0) is 0 Å². The Morgan fingerprint density at radius 2 is 1.89 bits per heavy atom. The van der Waals surface area contributed by atoms with Crippen LogP contribution in [0.1, 0.15) is 18.5 Å². The van der Waals surface area contributed by atoms with Gasteiger partial charge in [0.2, 0.25) is 0 Å². The molecule has 1 N–H and O–H groups in total. The summed E-state index contributed by atoms with van der Waals surface area (Å²) in [6.07, 6.45) is 2.86. The molecule has 0 aliphatic carbocycles. The van der Waals surface area contributed by atoms with Crippen LogP contribution in [0.25, 0.3) is 0 Å². The molecule has 0 fully saturated rings. The monoisotopic (exact) mass is 372 g/mol. The molecule has 0 aliphatic heterocycles. The standard InChI is InChI=1S/C13H11Br2FN2/c1-8(9-5-10(16)7-17-6-9)18-13-11(14)3-2-4-12(13)15/h2-8,18H,1H3. The van der Waals surface area contributed by atoms with E-state index < -0.39 is 0 Å². The van der Waals surface area contributed by atoms with E-state index in [2.05, 4.69) is 42.2 Å². The van der Waals surface area contributed by atoms with Gasteiger partial charge >= 0.3 is 0 Å². The molecule has 2 rings (SSSR count). The van der Waals surface area contributed by atoms with Gasteiger partial charge < -0.3 is 5.32 Å². The zero-order valence-corrected chi connectivity index (χ0v) is 12.8. The second kappa shape index (κ2) is 5.80. The van der Waals surface area contributed by atoms with E-state index in [4.69, 9.17) is 0 Å². The van der Waals surface area contributed by atoms with Crippen molar-refractivity contribution in [3.63, 3.8) is 0 Å². The molecule has 5 heteroatoms. The highest BCUT2D eigenvalue weighted by Gasteiger charge is 2.11. The summed E-state index contributed by atoms with van der Waals surface area (Å²) in [5, 5.41) is 3.32. The van der Waals surface area contributed by atoms with E-state index in [1.165, 1.54) is 12.3 Å². The van der Waals surface area contributed by atoms with Crippen molar-refractivity contribution in [2.75, 3.05) is 5.32 Å². The molecule has 0 bridgehead atoms. The van der Waals surface area contributed by atoms with Gasteiger partial charge in [0, 0.05) is 15.1 Å². The highest BCUT2D eigenvalue weighted by molar-refractivity contribution is 9.11. The summed E-state index contributed by atoms with van der Waals surface area (Å²) in [7, 11) is 0. The number of hydrogen-bond acceptors (Lipinski definition) is 2. The number of rotatable bonds is 3. The third kappa shape index (κ3) is 3.09. The van der Waals surface area contributed by atoms with Crippen molar-refractivity contribution in [2.24, 2.45) is 0 Å². The van der Waals surface area contributed by atoms with Crippen LogP contribution >= 0.6 is 31.9 Å². The molecular weight excluding hydrogens is 363 g/mol. The lowest BCUT2D eigenvalue weighted by Gasteiger charge is -2.17. The molecule has 94 valence electrons. The Morgan fingerprint density at radius 1 is 1.22 bits per heavy atom. The van der Waals surface area contributed by atoms with Crippen LogP contribution in [0.3, 0.4) is 0 Å². The smallest absolute Gasteiger partial charge is 0.141 e. The number of hydrogen-bond donors (Lipinski definition) is 1. The van der Waals surface area contributed by atoms with Crippen molar-refractivity contribution in [1.82, 2.24) is 4.98 Å². The van der Waals surface area contributed by atoms with Gasteiger partial charge in [0.05, 0.1) is 17.9 Å². The Kier molecular flexibility index (Phi) is 4.35. The number of benzene rings is 1. The first kappa shape index (κ1) is 13.5. The highest BCUT2D eigenvalue weighted by atomic mass is 79.9. The number of halogens is 3. The van der Waals surface area contributed by atoms with Gasteiger partial charge in [0.15, 0.2) is 0 Å². The number of nitrogens with zero attached hydrogens (tertiary/aromatic N) is 1. The van der Waals surface area contributed by atoms with Gasteiger partial charge in [-0.25, -0.2) is 4.39 Å². The minimum atomic E-state index is -0.327. The third-order valence-electron chi connectivity index (χ3n) is 2.55. The number of anilines is 1. The van der Waals surface area contributed by atoms with E-state index in [1.807, 2.05) is 25.1 Å². The Labute approximate surface area is 122 Å². The van der Waals surface area contributed by atoms with E-state index in [1.54, 1.807) is 6.20 Å². The molecule has 1 aromatic carbocycles. The maximum Gasteiger partial charge on any atom is 0.141 e. The molecule has 2 aromatic rings. The van der Waals surface area contributed by atoms with Gasteiger partial charge in [0.1, 0.15) is 5.82 Å². The first-order valence-corrected chi connectivity index (χ1v) is 6.97. The molecule has 0 saturated carbocycles. The largest absolute Gasteiger partial charge is 0.377 e. The maximum atomic E-state index is 13.1. The fraction of sp³-hybridized carbons (Fsp3) is 0.154. The zero-order valence-electron chi connectivity index (χ0n) is 9.62. The van der Waals surface area contributed by atoms with Crippen molar-refractivity contribution in [3.05, 3.63) is 57.0 Å². The van der Waals surface area contributed by atoms with E-state index in [9.17, 15) is 4.39 Å². The number of pyridine rings is 1. The van der Waals surface area contributed by atoms with Crippen LogP contribution in [0, 0.1) is 5.82 Å². The van der Waals surface area contributed by atoms with Crippen molar-refractivity contribution in [3.8, 4) is 0 Å². The van der Waals surface area contributed by atoms with Gasteiger partial charge in [-0.3, -0.25) is 4.98 Å². The van der Waals surface area contributed by atoms with Crippen molar-refractivity contribution in [2.45, 2.75) is 13.0 Å². The molecule has 0 saturated heterocycles. The van der Waals surface area contributed by atoms with Crippen LogP contribution < -0.4 is 5.32 Å². The summed E-state index contributed by atoms with van der Waals surface area (Å²) in [4.78, 5) is 3.85.